The van der Waals surface area contributed by atoms with Gasteiger partial charge in [-0.2, -0.15) is 0 Å². The van der Waals surface area contributed by atoms with Crippen molar-refractivity contribution < 1.29 is 13.2 Å². The molecule has 1 aliphatic heterocycles. The van der Waals surface area contributed by atoms with E-state index in [4.69, 9.17) is 4.74 Å². The Labute approximate surface area is 200 Å². The lowest BCUT2D eigenvalue weighted by atomic mass is 10.2. The van der Waals surface area contributed by atoms with Crippen LogP contribution in [0.15, 0.2) is 77.5 Å². The summed E-state index contributed by atoms with van der Waals surface area (Å²) in [5.41, 5.74) is 4.84. The van der Waals surface area contributed by atoms with Crippen molar-refractivity contribution in [3.8, 4) is 5.75 Å². The number of ether oxygens (including phenoxy) is 1. The van der Waals surface area contributed by atoms with Crippen LogP contribution in [0.5, 0.6) is 5.75 Å². The normalized spacial score (nSPS) is 15.9. The van der Waals surface area contributed by atoms with Crippen molar-refractivity contribution in [3.05, 3.63) is 94.9 Å². The summed E-state index contributed by atoms with van der Waals surface area (Å²) in [6.45, 7) is 3.96. The Hall–Kier alpha value is -2.77. The second-order valence-electron chi connectivity index (χ2n) is 8.01. The average Bonchev–Trinajstić information content (AvgIpc) is 3.34. The van der Waals surface area contributed by atoms with Gasteiger partial charge in [0.15, 0.2) is 9.84 Å². The van der Waals surface area contributed by atoms with Crippen molar-refractivity contribution in [3.63, 3.8) is 0 Å². The van der Waals surface area contributed by atoms with Crippen molar-refractivity contribution in [2.75, 3.05) is 18.2 Å². The molecular weight excluding hydrogens is 452 g/mol. The summed E-state index contributed by atoms with van der Waals surface area (Å²) in [4.78, 5) is 4.74. The number of hydrogen-bond donors (Lipinski definition) is 1. The highest BCUT2D eigenvalue weighted by Crippen LogP contribution is 2.29. The SMILES string of the molecule is CCc1ccc(C(COc2ccc(/C=C3/CSCN3)cc2)S(=O)(=O)c2ccc(C)cc2)nc1. The van der Waals surface area contributed by atoms with E-state index in [0.29, 0.717) is 11.4 Å². The van der Waals surface area contributed by atoms with Crippen LogP contribution in [-0.4, -0.2) is 31.6 Å². The summed E-state index contributed by atoms with van der Waals surface area (Å²) < 4.78 is 33.0. The molecule has 3 aromatic rings. The molecule has 172 valence electrons. The number of sulfone groups is 1. The molecule has 1 saturated heterocycles. The van der Waals surface area contributed by atoms with Crippen LogP contribution >= 0.6 is 11.8 Å². The quantitative estimate of drug-likeness (QED) is 0.479. The summed E-state index contributed by atoms with van der Waals surface area (Å²) >= 11 is 1.85. The molecule has 1 atom stereocenters. The Morgan fingerprint density at radius 1 is 1.09 bits per heavy atom. The monoisotopic (exact) mass is 480 g/mol. The minimum Gasteiger partial charge on any atom is -0.492 e. The average molecular weight is 481 g/mol. The maximum atomic E-state index is 13.5. The molecule has 4 rings (SSSR count). The van der Waals surface area contributed by atoms with Crippen molar-refractivity contribution >= 4 is 27.7 Å². The predicted molar refractivity (Wildman–Crippen MR) is 135 cm³/mol. The van der Waals surface area contributed by atoms with Crippen LogP contribution in [0, 0.1) is 6.92 Å². The summed E-state index contributed by atoms with van der Waals surface area (Å²) in [6, 6.07) is 18.3. The van der Waals surface area contributed by atoms with Gasteiger partial charge in [0.25, 0.3) is 0 Å². The fourth-order valence-corrected chi connectivity index (χ4v) is 5.89. The van der Waals surface area contributed by atoms with Gasteiger partial charge >= 0.3 is 0 Å². The fraction of sp³-hybridized carbons (Fsp3) is 0.269. The highest BCUT2D eigenvalue weighted by atomic mass is 32.2. The van der Waals surface area contributed by atoms with Gasteiger partial charge in [-0.05, 0) is 60.9 Å². The molecule has 1 N–H and O–H groups in total. The van der Waals surface area contributed by atoms with E-state index in [-0.39, 0.29) is 11.5 Å². The van der Waals surface area contributed by atoms with Crippen LogP contribution in [0.4, 0.5) is 0 Å². The van der Waals surface area contributed by atoms with E-state index < -0.39 is 15.1 Å². The minimum absolute atomic E-state index is 0.0205. The second kappa shape index (κ2) is 10.4. The highest BCUT2D eigenvalue weighted by Gasteiger charge is 2.31. The number of benzene rings is 2. The molecule has 0 aliphatic carbocycles. The Morgan fingerprint density at radius 3 is 2.45 bits per heavy atom. The Bertz CT molecular complexity index is 1200. The van der Waals surface area contributed by atoms with E-state index in [1.165, 1.54) is 5.70 Å². The molecule has 0 spiro atoms. The molecule has 5 nitrogen and oxygen atoms in total. The largest absolute Gasteiger partial charge is 0.492 e. The second-order valence-corrected chi connectivity index (χ2v) is 11.1. The number of nitrogens with zero attached hydrogens (tertiary/aromatic N) is 1. The van der Waals surface area contributed by atoms with Gasteiger partial charge in [-0.1, -0.05) is 42.8 Å². The van der Waals surface area contributed by atoms with Crippen molar-refractivity contribution in [1.29, 1.82) is 0 Å². The van der Waals surface area contributed by atoms with Gasteiger partial charge in [-0.25, -0.2) is 8.42 Å². The summed E-state index contributed by atoms with van der Waals surface area (Å²) in [6.07, 6.45) is 4.70. The van der Waals surface area contributed by atoms with Gasteiger partial charge in [0.05, 0.1) is 16.5 Å². The molecule has 0 radical (unpaired) electrons. The first-order valence-electron chi connectivity index (χ1n) is 11.0. The molecule has 0 amide bonds. The van der Waals surface area contributed by atoms with Gasteiger partial charge in [-0.3, -0.25) is 4.98 Å². The minimum atomic E-state index is -3.69. The molecule has 0 saturated carbocycles. The van der Waals surface area contributed by atoms with E-state index in [1.54, 1.807) is 24.4 Å². The lowest BCUT2D eigenvalue weighted by Gasteiger charge is -2.19. The van der Waals surface area contributed by atoms with Gasteiger partial charge in [-0.15, -0.1) is 11.8 Å². The number of rotatable bonds is 8. The van der Waals surface area contributed by atoms with Crippen LogP contribution < -0.4 is 10.1 Å². The lowest BCUT2D eigenvalue weighted by molar-refractivity contribution is 0.312. The molecular formula is C26H28N2O3S2. The van der Waals surface area contributed by atoms with E-state index in [9.17, 15) is 8.42 Å². The molecule has 1 aliphatic rings. The van der Waals surface area contributed by atoms with E-state index in [1.807, 2.05) is 68.1 Å². The van der Waals surface area contributed by atoms with E-state index in [0.717, 1.165) is 34.7 Å². The smallest absolute Gasteiger partial charge is 0.190 e. The zero-order valence-corrected chi connectivity index (χ0v) is 20.5. The van der Waals surface area contributed by atoms with Crippen LogP contribution in [0.1, 0.15) is 34.6 Å². The van der Waals surface area contributed by atoms with Crippen LogP contribution in [0.25, 0.3) is 6.08 Å². The number of thioether (sulfide) groups is 1. The molecule has 2 aromatic carbocycles. The third-order valence-electron chi connectivity index (χ3n) is 5.59. The zero-order valence-electron chi connectivity index (χ0n) is 18.8. The number of hydrogen-bond acceptors (Lipinski definition) is 6. The van der Waals surface area contributed by atoms with Crippen molar-refractivity contribution in [1.82, 2.24) is 10.3 Å². The molecule has 1 aromatic heterocycles. The first kappa shape index (κ1) is 23.4. The molecule has 7 heteroatoms. The van der Waals surface area contributed by atoms with Crippen molar-refractivity contribution in [2.45, 2.75) is 30.4 Å². The van der Waals surface area contributed by atoms with Crippen LogP contribution in [-0.2, 0) is 16.3 Å². The van der Waals surface area contributed by atoms with Crippen LogP contribution in [0.2, 0.25) is 0 Å². The zero-order chi connectivity index (χ0) is 23.3. The molecule has 1 fully saturated rings. The number of nitrogens with one attached hydrogen (secondary N) is 1. The molecule has 33 heavy (non-hydrogen) atoms. The van der Waals surface area contributed by atoms with Gasteiger partial charge in [0, 0.05) is 17.6 Å². The maximum absolute atomic E-state index is 13.5. The highest BCUT2D eigenvalue weighted by molar-refractivity contribution is 7.99. The fourth-order valence-electron chi connectivity index (χ4n) is 3.54. The van der Waals surface area contributed by atoms with Crippen LogP contribution in [0.3, 0.4) is 0 Å². The number of pyridine rings is 1. The molecule has 1 unspecified atom stereocenters. The first-order valence-corrected chi connectivity index (χ1v) is 13.7. The number of aryl methyl sites for hydroxylation is 2. The van der Waals surface area contributed by atoms with E-state index >= 15 is 0 Å². The Kier molecular flexibility index (Phi) is 7.40. The standard InChI is InChI=1S/C26H28N2O3S2/c1-3-20-8-13-25(27-15-20)26(33(29,30)24-11-4-19(2)5-12-24)16-31-23-9-6-21(7-10-23)14-22-17-32-18-28-22/h4-15,26,28H,3,16-18H2,1-2H3/b22-14-. The Morgan fingerprint density at radius 2 is 1.85 bits per heavy atom. The summed E-state index contributed by atoms with van der Waals surface area (Å²) in [7, 11) is -3.69. The van der Waals surface area contributed by atoms with Gasteiger partial charge in [0.1, 0.15) is 17.6 Å². The molecule has 2 heterocycles. The summed E-state index contributed by atoms with van der Waals surface area (Å²) in [5, 5.41) is 2.43. The topological polar surface area (TPSA) is 68.3 Å². The van der Waals surface area contributed by atoms with E-state index in [2.05, 4.69) is 16.4 Å². The maximum Gasteiger partial charge on any atom is 0.190 e. The number of aromatic nitrogens is 1. The third kappa shape index (κ3) is 5.78. The van der Waals surface area contributed by atoms with Gasteiger partial charge in [0.2, 0.25) is 0 Å². The van der Waals surface area contributed by atoms with Crippen molar-refractivity contribution in [2.24, 2.45) is 0 Å². The third-order valence-corrected chi connectivity index (χ3v) is 8.51. The summed E-state index contributed by atoms with van der Waals surface area (Å²) in [5.74, 6) is 2.55. The first-order chi connectivity index (χ1) is 16.0. The predicted octanol–water partition coefficient (Wildman–Crippen LogP) is 5.18. The lowest BCUT2D eigenvalue weighted by Crippen LogP contribution is -2.22. The molecule has 0 bridgehead atoms. The Balaban J connectivity index is 1.56. The van der Waals surface area contributed by atoms with Gasteiger partial charge < -0.3 is 10.1 Å².